The summed E-state index contributed by atoms with van der Waals surface area (Å²) in [5.41, 5.74) is 4.75. The first kappa shape index (κ1) is 17.5. The number of benzene rings is 2. The van der Waals surface area contributed by atoms with Crippen LogP contribution in [0, 0.1) is 12.8 Å². The number of carboxylic acids is 1. The van der Waals surface area contributed by atoms with E-state index in [1.807, 2.05) is 0 Å². The van der Waals surface area contributed by atoms with Crippen LogP contribution in [-0.2, 0) is 11.3 Å². The number of aryl methyl sites for hydroxylation is 1. The fraction of sp³-hybridized carbons (Fsp3) is 0.316. The average molecular weight is 406 g/mol. The highest BCUT2D eigenvalue weighted by Gasteiger charge is 2.32. The molecule has 1 unspecified atom stereocenters. The summed E-state index contributed by atoms with van der Waals surface area (Å²) < 4.78 is 1.11. The number of thiol groups is 1. The topological polar surface area (TPSA) is 40.5 Å². The normalized spacial score (nSPS) is 16.6. The molecule has 0 aromatic heterocycles. The van der Waals surface area contributed by atoms with Gasteiger partial charge in [-0.2, -0.15) is 12.6 Å². The van der Waals surface area contributed by atoms with Gasteiger partial charge in [0.1, 0.15) is 0 Å². The molecule has 5 heteroatoms. The van der Waals surface area contributed by atoms with Crippen LogP contribution in [0.3, 0.4) is 0 Å². The van der Waals surface area contributed by atoms with Gasteiger partial charge in [-0.3, -0.25) is 9.69 Å². The minimum Gasteiger partial charge on any atom is -0.481 e. The van der Waals surface area contributed by atoms with Gasteiger partial charge in [-0.15, -0.1) is 0 Å². The molecule has 0 aliphatic carbocycles. The van der Waals surface area contributed by atoms with Crippen LogP contribution in [0.4, 0.5) is 0 Å². The molecule has 1 aliphatic heterocycles. The molecule has 0 amide bonds. The molecule has 0 saturated carbocycles. The minimum absolute atomic E-state index is 0.0475. The van der Waals surface area contributed by atoms with E-state index in [2.05, 4.69) is 70.2 Å². The maximum Gasteiger partial charge on any atom is 0.309 e. The van der Waals surface area contributed by atoms with Crippen LogP contribution in [0.25, 0.3) is 0 Å². The molecule has 1 N–H and O–H groups in total. The lowest BCUT2D eigenvalue weighted by molar-refractivity contribution is -0.147. The van der Waals surface area contributed by atoms with E-state index in [9.17, 15) is 4.79 Å². The van der Waals surface area contributed by atoms with Crippen molar-refractivity contribution < 1.29 is 9.90 Å². The van der Waals surface area contributed by atoms with Gasteiger partial charge in [0, 0.05) is 24.1 Å². The number of likely N-dealkylation sites (tertiary alicyclic amines) is 1. The van der Waals surface area contributed by atoms with Crippen LogP contribution in [0.5, 0.6) is 0 Å². The van der Waals surface area contributed by atoms with E-state index in [4.69, 9.17) is 17.7 Å². The molecule has 2 aromatic rings. The van der Waals surface area contributed by atoms with Crippen molar-refractivity contribution in [3.05, 3.63) is 69.2 Å². The Bertz CT molecular complexity index is 742. The molecule has 24 heavy (non-hydrogen) atoms. The van der Waals surface area contributed by atoms with Gasteiger partial charge in [-0.25, -0.2) is 0 Å². The average Bonchev–Trinajstić information content (AvgIpc) is 2.52. The highest BCUT2D eigenvalue weighted by atomic mass is 79.9. The van der Waals surface area contributed by atoms with Crippen LogP contribution in [0.15, 0.2) is 46.9 Å². The second-order valence-corrected chi connectivity index (χ2v) is 7.75. The number of rotatable bonds is 5. The maximum atomic E-state index is 10.8. The van der Waals surface area contributed by atoms with Crippen molar-refractivity contribution in [2.24, 2.45) is 5.92 Å². The monoisotopic (exact) mass is 405 g/mol. The van der Waals surface area contributed by atoms with E-state index in [1.165, 1.54) is 16.7 Å². The van der Waals surface area contributed by atoms with E-state index in [-0.39, 0.29) is 11.2 Å². The number of nitrogens with zero attached hydrogens (tertiary/aromatic N) is 1. The Balaban J connectivity index is 1.63. The summed E-state index contributed by atoms with van der Waals surface area (Å²) >= 11 is 8.29. The Morgan fingerprint density at radius 2 is 1.88 bits per heavy atom. The molecule has 2 aromatic carbocycles. The zero-order valence-electron chi connectivity index (χ0n) is 13.4. The fourth-order valence-electron chi connectivity index (χ4n) is 2.95. The number of hydrogen-bond acceptors (Lipinski definition) is 3. The third kappa shape index (κ3) is 3.85. The molecule has 1 saturated heterocycles. The highest BCUT2D eigenvalue weighted by molar-refractivity contribution is 9.10. The summed E-state index contributed by atoms with van der Waals surface area (Å²) in [7, 11) is 0. The lowest BCUT2D eigenvalue weighted by Gasteiger charge is -2.36. The second kappa shape index (κ2) is 7.30. The summed E-state index contributed by atoms with van der Waals surface area (Å²) in [5, 5.41) is 8.97. The number of hydrogen-bond donors (Lipinski definition) is 2. The van der Waals surface area contributed by atoms with Gasteiger partial charge in [-0.05, 0) is 35.2 Å². The Morgan fingerprint density at radius 3 is 2.46 bits per heavy atom. The van der Waals surface area contributed by atoms with E-state index in [0.717, 1.165) is 16.6 Å². The van der Waals surface area contributed by atoms with E-state index < -0.39 is 5.97 Å². The van der Waals surface area contributed by atoms with E-state index in [0.29, 0.717) is 13.1 Å². The van der Waals surface area contributed by atoms with Gasteiger partial charge in [0.2, 0.25) is 0 Å². The molecular weight excluding hydrogens is 386 g/mol. The van der Waals surface area contributed by atoms with Crippen LogP contribution in [0.2, 0.25) is 0 Å². The number of aliphatic carboxylic acids is 1. The molecule has 0 radical (unpaired) electrons. The standard InChI is InChI=1S/C19H20BrNO2S/c1-12-8-15(6-7-17(12)20)18(24)14-4-2-13(3-5-14)9-21-10-16(11-21)19(22)23/h2-8,16,18,24H,9-11H2,1H3,(H,22,23). The molecule has 126 valence electrons. The van der Waals surface area contributed by atoms with Crippen molar-refractivity contribution in [3.8, 4) is 0 Å². The van der Waals surface area contributed by atoms with Crippen molar-refractivity contribution >= 4 is 34.5 Å². The van der Waals surface area contributed by atoms with Crippen molar-refractivity contribution in [2.45, 2.75) is 18.7 Å². The van der Waals surface area contributed by atoms with Crippen LogP contribution in [0.1, 0.15) is 27.5 Å². The molecule has 1 aliphatic rings. The van der Waals surface area contributed by atoms with Crippen molar-refractivity contribution in [2.75, 3.05) is 13.1 Å². The SMILES string of the molecule is Cc1cc(C(S)c2ccc(CN3CC(C(=O)O)C3)cc2)ccc1Br. The number of carbonyl (C=O) groups is 1. The summed E-state index contributed by atoms with van der Waals surface area (Å²) in [6, 6.07) is 14.7. The predicted octanol–water partition coefficient (Wildman–Crippen LogP) is 4.29. The predicted molar refractivity (Wildman–Crippen MR) is 103 cm³/mol. The zero-order chi connectivity index (χ0) is 17.3. The summed E-state index contributed by atoms with van der Waals surface area (Å²) in [6.45, 7) is 4.17. The van der Waals surface area contributed by atoms with Gasteiger partial charge < -0.3 is 5.11 Å². The molecule has 1 fully saturated rings. The van der Waals surface area contributed by atoms with Gasteiger partial charge in [0.25, 0.3) is 0 Å². The Kier molecular flexibility index (Phi) is 5.33. The van der Waals surface area contributed by atoms with Crippen LogP contribution >= 0.6 is 28.6 Å². The maximum absolute atomic E-state index is 10.8. The quantitative estimate of drug-likeness (QED) is 0.728. The molecule has 3 nitrogen and oxygen atoms in total. The fourth-order valence-corrected chi connectivity index (χ4v) is 3.53. The Morgan fingerprint density at radius 1 is 1.25 bits per heavy atom. The molecule has 1 heterocycles. The lowest BCUT2D eigenvalue weighted by Crippen LogP contribution is -2.49. The van der Waals surface area contributed by atoms with Crippen LogP contribution < -0.4 is 0 Å². The Hall–Kier alpha value is -1.30. The molecular formula is C19H20BrNO2S. The third-order valence-corrected chi connectivity index (χ3v) is 5.99. The van der Waals surface area contributed by atoms with Crippen LogP contribution in [-0.4, -0.2) is 29.1 Å². The first-order valence-electron chi connectivity index (χ1n) is 7.92. The van der Waals surface area contributed by atoms with Gasteiger partial charge in [0.05, 0.1) is 11.2 Å². The largest absolute Gasteiger partial charge is 0.481 e. The minimum atomic E-state index is -0.690. The highest BCUT2D eigenvalue weighted by Crippen LogP contribution is 2.31. The van der Waals surface area contributed by atoms with E-state index >= 15 is 0 Å². The van der Waals surface area contributed by atoms with Gasteiger partial charge in [-0.1, -0.05) is 52.3 Å². The molecule has 0 spiro atoms. The van der Waals surface area contributed by atoms with Crippen molar-refractivity contribution in [1.82, 2.24) is 4.90 Å². The van der Waals surface area contributed by atoms with Gasteiger partial charge >= 0.3 is 5.97 Å². The summed E-state index contributed by atoms with van der Waals surface area (Å²) in [5.74, 6) is -0.893. The first-order valence-corrected chi connectivity index (χ1v) is 9.23. The lowest BCUT2D eigenvalue weighted by atomic mass is 9.98. The van der Waals surface area contributed by atoms with E-state index in [1.54, 1.807) is 0 Å². The molecule has 1 atom stereocenters. The van der Waals surface area contributed by atoms with Gasteiger partial charge in [0.15, 0.2) is 0 Å². The first-order chi connectivity index (χ1) is 11.4. The third-order valence-electron chi connectivity index (χ3n) is 4.51. The number of halogens is 1. The molecule has 0 bridgehead atoms. The number of carboxylic acid groups (broad SMARTS) is 1. The molecule has 3 rings (SSSR count). The Labute approximate surface area is 156 Å². The van der Waals surface area contributed by atoms with Crippen molar-refractivity contribution in [1.29, 1.82) is 0 Å². The zero-order valence-corrected chi connectivity index (χ0v) is 15.9. The second-order valence-electron chi connectivity index (χ2n) is 6.38. The summed E-state index contributed by atoms with van der Waals surface area (Å²) in [4.78, 5) is 13.0. The summed E-state index contributed by atoms with van der Waals surface area (Å²) in [6.07, 6.45) is 0. The van der Waals surface area contributed by atoms with Crippen molar-refractivity contribution in [3.63, 3.8) is 0 Å². The smallest absolute Gasteiger partial charge is 0.309 e.